The van der Waals surface area contributed by atoms with E-state index < -0.39 is 311 Å². The fraction of sp³-hybridized carbons (Fsp3) is 0.900. The summed E-state index contributed by atoms with van der Waals surface area (Å²) in [5, 5.41) is 112. The van der Waals surface area contributed by atoms with Gasteiger partial charge in [-0.15, -0.1) is 0 Å². The van der Waals surface area contributed by atoms with Gasteiger partial charge in [-0.1, -0.05) is 0 Å². The van der Waals surface area contributed by atoms with Crippen molar-refractivity contribution in [1.29, 1.82) is 0 Å². The SMILES string of the molecule is CC(=O)NC1[C@@H](O[C@@H]2C(C(=O)O)O[C@@H](O[C@@H]3C(COS(=O)(=O)O)O[C@H](O[C@H](C(OC(C)O[C@@H]4C(COS(=O)(=O)O)O[C@H](O[C@H]5C(C(=O)O)O[C@@H](C)[C@@H](OS(=O)(=O)O)C5O)C(NS(=O)(=O)O)[C@H]4O)C(=O)O)[C@@H](O)COS(=O)(=O)O)C(NS(=O)(=O)O)[C@H]3OS(=O)(=O)O)[C@@H](O)C2O)OC(COS(=O)(=O)O)[C@@H](O)[C@@H]1O. The molecule has 1 amide bonds. The molecule has 0 saturated carbocycles. The Morgan fingerprint density at radius 1 is 0.434 bits per heavy atom. The zero-order chi connectivity index (χ0) is 81.0. The Morgan fingerprint density at radius 2 is 0.858 bits per heavy atom. The molecule has 58 nitrogen and oxygen atoms in total. The lowest BCUT2D eigenvalue weighted by Gasteiger charge is -2.49. The monoisotopic (exact) mass is 1730 g/mol. The molecule has 5 rings (SSSR count). The first-order chi connectivity index (χ1) is 48.0. The van der Waals surface area contributed by atoms with Crippen molar-refractivity contribution in [2.45, 2.75) is 199 Å². The second-order valence-corrected chi connectivity index (χ2v) is 31.1. The highest BCUT2D eigenvalue weighted by Crippen LogP contribution is 2.38. The summed E-state index contributed by atoms with van der Waals surface area (Å²) < 4.78 is 358. The second-order valence-electron chi connectivity index (χ2n) is 22.3. The number of carboxylic acid groups (broad SMARTS) is 3. The van der Waals surface area contributed by atoms with Gasteiger partial charge in [-0.2, -0.15) is 76.8 Å². The Balaban J connectivity index is 1.62. The summed E-state index contributed by atoms with van der Waals surface area (Å²) in [5.41, 5.74) is 0. The number of carboxylic acids is 3. The number of rotatable bonds is 38. The summed E-state index contributed by atoms with van der Waals surface area (Å²) >= 11 is 0. The van der Waals surface area contributed by atoms with E-state index >= 15 is 0 Å². The Bertz CT molecular complexity index is 4000. The van der Waals surface area contributed by atoms with E-state index in [0.29, 0.717) is 6.92 Å². The summed E-state index contributed by atoms with van der Waals surface area (Å²) in [4.78, 5) is 50.9. The number of nitrogens with one attached hydrogen (secondary N) is 3. The molecule has 5 heterocycles. The molecule has 5 saturated heterocycles. The van der Waals surface area contributed by atoms with E-state index in [1.807, 2.05) is 5.32 Å². The summed E-state index contributed by atoms with van der Waals surface area (Å²) in [7, 11) is -47.1. The van der Waals surface area contributed by atoms with E-state index in [-0.39, 0.29) is 0 Å². The number of hydrogen-bond donors (Lipinski definition) is 21. The van der Waals surface area contributed by atoms with Crippen LogP contribution in [0.3, 0.4) is 0 Å². The van der Waals surface area contributed by atoms with E-state index in [2.05, 4.69) is 25.1 Å². The van der Waals surface area contributed by atoms with Crippen LogP contribution in [0.2, 0.25) is 0 Å². The van der Waals surface area contributed by atoms with E-state index in [1.54, 1.807) is 0 Å². The minimum Gasteiger partial charge on any atom is -0.479 e. The Labute approximate surface area is 595 Å². The molecule has 106 heavy (non-hydrogen) atoms. The smallest absolute Gasteiger partial charge is 0.397 e. The van der Waals surface area contributed by atoms with Gasteiger partial charge in [0.1, 0.15) is 122 Å². The van der Waals surface area contributed by atoms with Crippen molar-refractivity contribution in [3.63, 3.8) is 0 Å². The average molecular weight is 1730 g/mol. The molecular formula is C40H67N3O55S8. The third-order valence-electron chi connectivity index (χ3n) is 14.6. The molecule has 0 aromatic rings. The van der Waals surface area contributed by atoms with Crippen molar-refractivity contribution in [2.75, 3.05) is 26.4 Å². The van der Waals surface area contributed by atoms with Crippen LogP contribution in [-0.4, -0.2) is 383 Å². The average Bonchev–Trinajstić information content (AvgIpc) is 0.769. The van der Waals surface area contributed by atoms with Crippen LogP contribution in [0.15, 0.2) is 0 Å². The molecule has 0 aliphatic carbocycles. The Morgan fingerprint density at radius 3 is 1.32 bits per heavy atom. The van der Waals surface area contributed by atoms with Gasteiger partial charge in [0.05, 0.1) is 32.5 Å². The minimum atomic E-state index is -6.42. The van der Waals surface area contributed by atoms with Gasteiger partial charge in [-0.05, 0) is 13.8 Å². The van der Waals surface area contributed by atoms with Crippen LogP contribution < -0.4 is 14.8 Å². The molecule has 5 aliphatic heterocycles. The van der Waals surface area contributed by atoms with E-state index in [4.69, 9.17) is 56.7 Å². The molecule has 5 aliphatic rings. The first-order valence-corrected chi connectivity index (χ1v) is 39.3. The van der Waals surface area contributed by atoms with Gasteiger partial charge in [0.25, 0.3) is 0 Å². The molecule has 29 atom stereocenters. The van der Waals surface area contributed by atoms with Crippen molar-refractivity contribution >= 4 is 107 Å². The lowest BCUT2D eigenvalue weighted by molar-refractivity contribution is -0.365. The molecule has 620 valence electrons. The maximum atomic E-state index is 13.4. The number of carbonyl (C=O) groups is 4. The molecule has 0 aromatic heterocycles. The Kier molecular flexibility index (Phi) is 31.7. The van der Waals surface area contributed by atoms with Crippen molar-refractivity contribution in [2.24, 2.45) is 0 Å². The van der Waals surface area contributed by atoms with Crippen LogP contribution in [0.1, 0.15) is 20.8 Å². The number of ether oxygens (including phenoxy) is 11. The molecule has 21 N–H and O–H groups in total. The molecular weight excluding hydrogens is 1660 g/mol. The first kappa shape index (κ1) is 92.7. The number of hydrogen-bond acceptors (Lipinski definition) is 44. The maximum absolute atomic E-state index is 13.4. The molecule has 0 aromatic carbocycles. The predicted molar refractivity (Wildman–Crippen MR) is 310 cm³/mol. The molecule has 66 heteroatoms. The summed E-state index contributed by atoms with van der Waals surface area (Å²) in [6.07, 6.45) is -72.8. The number of aliphatic hydroxyl groups excluding tert-OH is 7. The number of aliphatic carboxylic acids is 3. The number of carbonyl (C=O) groups excluding carboxylic acids is 1. The number of aliphatic hydroxyl groups is 7. The second kappa shape index (κ2) is 36.3. The molecule has 0 bridgehead atoms. The van der Waals surface area contributed by atoms with Gasteiger partial charge < -0.3 is 108 Å². The van der Waals surface area contributed by atoms with E-state index in [1.165, 1.54) is 4.72 Å². The fourth-order valence-corrected chi connectivity index (χ4v) is 13.9. The fourth-order valence-electron chi connectivity index (χ4n) is 10.5. The van der Waals surface area contributed by atoms with Gasteiger partial charge >= 0.3 is 101 Å². The van der Waals surface area contributed by atoms with Crippen molar-refractivity contribution in [3.05, 3.63) is 0 Å². The minimum absolute atomic E-state index is 0.477. The quantitative estimate of drug-likeness (QED) is 0.0202. The van der Waals surface area contributed by atoms with Gasteiger partial charge in [-0.3, -0.25) is 41.2 Å². The standard InChI is InChI=1S/C40H67N3O55S8/c1-8-24(97-105(76,77)78)23(51)30(32(86-8)35(54)55)95-38-16(42-99(58,59)60)20(48)26(13(90-38)6-84-103(70,71)72)87-10(3)88-31(34(52)53)25(11(45)4-82-101(64,65)66)92-39-17(43-100(61,62)63)28(98-106(79,80)81)27(14(91-39)7-85-104(73,74)75)93-40-22(50)21(49)29(33(96-40)36(56)57)94-37-15(41-9(2)44)19(47)18(46)12(89-37)5-83-102(67,68)69/h8,10-33,37-40,42-43,45-51H,4-7H2,1-3H3,(H,41,44)(H,52,53)(H,54,55)(H,56,57)(H,58,59,60)(H,61,62,63)(H,64,65,66)(H,67,68,69)(H,70,71,72)(H,73,74,75)(H,76,77,78)(H,79,80,81)/t8-,10?,11-,12?,13?,14?,15?,16?,17?,18+,19+,20+,21?,22-,23?,24+,25-,26+,27+,28+,29-,30+,31?,32?,33?,37+,38+,39+,40+/m0/s1. The van der Waals surface area contributed by atoms with Gasteiger partial charge in [0.15, 0.2) is 49.8 Å². The lowest BCUT2D eigenvalue weighted by atomic mass is 9.94. The normalized spacial score (nSPS) is 36.0. The maximum Gasteiger partial charge on any atom is 0.397 e. The van der Waals surface area contributed by atoms with Crippen molar-refractivity contribution in [1.82, 2.24) is 14.8 Å². The highest BCUT2D eigenvalue weighted by Gasteiger charge is 2.60. The highest BCUT2D eigenvalue weighted by molar-refractivity contribution is 7.84. The highest BCUT2D eigenvalue weighted by atomic mass is 32.3. The van der Waals surface area contributed by atoms with Gasteiger partial charge in [0.2, 0.25) is 5.91 Å². The van der Waals surface area contributed by atoms with Crippen LogP contribution in [0.25, 0.3) is 0 Å². The summed E-state index contributed by atoms with van der Waals surface area (Å²) in [6, 6.07) is -8.25. The zero-order valence-corrected chi connectivity index (χ0v) is 59.0. The van der Waals surface area contributed by atoms with E-state index in [9.17, 15) is 169 Å². The summed E-state index contributed by atoms with van der Waals surface area (Å²) in [6.45, 7) is -5.17. The van der Waals surface area contributed by atoms with Crippen molar-refractivity contribution in [3.8, 4) is 0 Å². The number of amides is 1. The van der Waals surface area contributed by atoms with Crippen LogP contribution in [0.5, 0.6) is 0 Å². The molecule has 0 radical (unpaired) electrons. The lowest BCUT2D eigenvalue weighted by Crippen LogP contribution is -2.70. The summed E-state index contributed by atoms with van der Waals surface area (Å²) in [5.74, 6) is -8.21. The van der Waals surface area contributed by atoms with Gasteiger partial charge in [0, 0.05) is 6.92 Å². The van der Waals surface area contributed by atoms with Crippen molar-refractivity contribution < 1.29 is 251 Å². The van der Waals surface area contributed by atoms with E-state index in [0.717, 1.165) is 18.6 Å². The van der Waals surface area contributed by atoms with Crippen LogP contribution in [0, 0.1) is 0 Å². The third-order valence-corrected chi connectivity index (χ3v) is 18.4. The first-order valence-electron chi connectivity index (χ1n) is 28.2. The van der Waals surface area contributed by atoms with Crippen LogP contribution >= 0.6 is 0 Å². The van der Waals surface area contributed by atoms with Crippen LogP contribution in [-0.2, 0) is 179 Å². The molecule has 5 fully saturated rings. The molecule has 0 spiro atoms. The van der Waals surface area contributed by atoms with Crippen LogP contribution in [0.4, 0.5) is 0 Å². The predicted octanol–water partition coefficient (Wildman–Crippen LogP) is -14.2. The largest absolute Gasteiger partial charge is 0.479 e. The molecule has 12 unspecified atom stereocenters. The zero-order valence-electron chi connectivity index (χ0n) is 52.5. The Hall–Kier alpha value is -3.88. The topological polar surface area (TPSA) is 899 Å². The third kappa shape index (κ3) is 27.8. The van der Waals surface area contributed by atoms with Gasteiger partial charge in [-0.25, -0.2) is 39.5 Å².